The molecule has 0 radical (unpaired) electrons. The number of carbonyl (C=O) groups excluding carboxylic acids is 3. The maximum atomic E-state index is 12.4. The molecule has 5 nitrogen and oxygen atoms in total. The number of ether oxygens (including phenoxy) is 2. The quantitative estimate of drug-likeness (QED) is 0.154. The van der Waals surface area contributed by atoms with Gasteiger partial charge in [-0.15, -0.1) is 0 Å². The van der Waals surface area contributed by atoms with Crippen LogP contribution in [0.25, 0.3) is 0 Å². The van der Waals surface area contributed by atoms with Gasteiger partial charge in [-0.05, 0) is 49.1 Å². The van der Waals surface area contributed by atoms with E-state index in [4.69, 9.17) is 9.47 Å². The van der Waals surface area contributed by atoms with E-state index in [1.165, 1.54) is 57.8 Å². The molecular weight excluding hydrogens is 488 g/mol. The topological polar surface area (TPSA) is 69.7 Å². The maximum Gasteiger partial charge on any atom is 0.339 e. The predicted molar refractivity (Wildman–Crippen MR) is 158 cm³/mol. The van der Waals surface area contributed by atoms with Gasteiger partial charge in [0.2, 0.25) is 0 Å². The van der Waals surface area contributed by atoms with Gasteiger partial charge in [0.15, 0.2) is 0 Å². The lowest BCUT2D eigenvalue weighted by atomic mass is 9.70. The van der Waals surface area contributed by atoms with Gasteiger partial charge in [-0.3, -0.25) is 4.79 Å². The lowest BCUT2D eigenvalue weighted by molar-refractivity contribution is -0.128. The summed E-state index contributed by atoms with van der Waals surface area (Å²) in [6, 6.07) is 6.74. The van der Waals surface area contributed by atoms with Crippen molar-refractivity contribution in [3.8, 4) is 0 Å². The van der Waals surface area contributed by atoms with Crippen molar-refractivity contribution in [2.45, 2.75) is 131 Å². The van der Waals surface area contributed by atoms with Crippen molar-refractivity contribution in [1.29, 1.82) is 0 Å². The molecule has 5 heteroatoms. The minimum absolute atomic E-state index is 0.0255. The number of fused-ring (bicyclic) bond motifs is 2. The fraction of sp³-hybridized carbons (Fsp3) is 0.735. The Balaban J connectivity index is 0.000000397. The van der Waals surface area contributed by atoms with Crippen LogP contribution < -0.4 is 0 Å². The average Bonchev–Trinajstić information content (AvgIpc) is 3.25. The third-order valence-corrected chi connectivity index (χ3v) is 9.31. The molecule has 39 heavy (non-hydrogen) atoms. The summed E-state index contributed by atoms with van der Waals surface area (Å²) in [6.45, 7) is 11.8. The Labute approximate surface area is 237 Å². The molecule has 0 amide bonds. The maximum absolute atomic E-state index is 12.4. The summed E-state index contributed by atoms with van der Waals surface area (Å²) >= 11 is 0. The molecule has 1 aromatic rings. The average molecular weight is 543 g/mol. The molecule has 0 heterocycles. The van der Waals surface area contributed by atoms with Crippen LogP contribution in [-0.2, 0) is 14.3 Å². The molecule has 2 unspecified atom stereocenters. The monoisotopic (exact) mass is 542 g/mol. The van der Waals surface area contributed by atoms with Crippen LogP contribution in [0.3, 0.4) is 0 Å². The van der Waals surface area contributed by atoms with Crippen LogP contribution in [0.2, 0.25) is 0 Å². The Kier molecular flexibility index (Phi) is 14.3. The van der Waals surface area contributed by atoms with Crippen LogP contribution in [0.1, 0.15) is 152 Å². The highest BCUT2D eigenvalue weighted by Crippen LogP contribution is 2.63. The second kappa shape index (κ2) is 16.8. The van der Waals surface area contributed by atoms with Crippen molar-refractivity contribution in [3.05, 3.63) is 35.4 Å². The van der Waals surface area contributed by atoms with Crippen LogP contribution in [0.5, 0.6) is 0 Å². The van der Waals surface area contributed by atoms with E-state index >= 15 is 0 Å². The molecule has 0 N–H and O–H groups in total. The van der Waals surface area contributed by atoms with Gasteiger partial charge in [-0.2, -0.15) is 0 Å². The van der Waals surface area contributed by atoms with E-state index in [1.54, 1.807) is 24.3 Å². The van der Waals surface area contributed by atoms with E-state index in [2.05, 4.69) is 34.6 Å². The first kappa shape index (κ1) is 33.0. The zero-order valence-electron chi connectivity index (χ0n) is 25.4. The molecule has 3 rings (SSSR count). The van der Waals surface area contributed by atoms with E-state index in [-0.39, 0.29) is 10.8 Å². The first-order valence-electron chi connectivity index (χ1n) is 15.7. The van der Waals surface area contributed by atoms with Crippen molar-refractivity contribution in [3.63, 3.8) is 0 Å². The summed E-state index contributed by atoms with van der Waals surface area (Å²) in [5.74, 6) is 0.306. The lowest BCUT2D eigenvalue weighted by Crippen LogP contribution is -2.32. The normalized spacial score (nSPS) is 20.8. The minimum Gasteiger partial charge on any atom is -0.462 e. The lowest BCUT2D eigenvalue weighted by Gasteiger charge is -2.32. The Morgan fingerprint density at radius 3 is 1.51 bits per heavy atom. The van der Waals surface area contributed by atoms with E-state index in [0.29, 0.717) is 36.0 Å². The molecule has 2 bridgehead atoms. The molecular formula is C34H54O5. The molecule has 0 spiro atoms. The number of hydrogen-bond donors (Lipinski definition) is 0. The first-order valence-corrected chi connectivity index (χ1v) is 15.7. The van der Waals surface area contributed by atoms with Crippen molar-refractivity contribution in [2.24, 2.45) is 16.7 Å². The second-order valence-corrected chi connectivity index (χ2v) is 12.3. The van der Waals surface area contributed by atoms with Gasteiger partial charge >= 0.3 is 11.9 Å². The predicted octanol–water partition coefficient (Wildman–Crippen LogP) is 9.12. The summed E-state index contributed by atoms with van der Waals surface area (Å²) in [7, 11) is 0. The summed E-state index contributed by atoms with van der Waals surface area (Å²) in [6.07, 6.45) is 16.9. The Bertz CT molecular complexity index is 856. The Hall–Kier alpha value is -2.17. The molecule has 2 aliphatic carbocycles. The standard InChI is InChI=1S/C24H38O4.C10H16O/c1-3-5-7-9-11-15-19-27-23(25)21-17-13-14-18-22(21)24(26)28-20-16-12-10-8-6-4-2;1-9(2)7-4-5-10(9,3)8(11)6-7/h13-14,17-18H,3-12,15-16,19-20H2,1-2H3;7H,4-6H2,1-3H3. The van der Waals surface area contributed by atoms with Crippen molar-refractivity contribution >= 4 is 17.7 Å². The molecule has 0 aliphatic heterocycles. The highest BCUT2D eigenvalue weighted by Gasteiger charge is 2.61. The smallest absolute Gasteiger partial charge is 0.339 e. The number of Topliss-reactive ketones (excluding diaryl/α,β-unsaturated/α-hetero) is 1. The Morgan fingerprint density at radius 1 is 0.744 bits per heavy atom. The molecule has 2 fully saturated rings. The highest BCUT2D eigenvalue weighted by atomic mass is 16.5. The number of benzene rings is 1. The van der Waals surface area contributed by atoms with Crippen molar-refractivity contribution in [2.75, 3.05) is 13.2 Å². The van der Waals surface area contributed by atoms with Crippen LogP contribution >= 0.6 is 0 Å². The molecule has 2 atom stereocenters. The van der Waals surface area contributed by atoms with Gasteiger partial charge < -0.3 is 9.47 Å². The molecule has 220 valence electrons. The van der Waals surface area contributed by atoms with E-state index in [1.807, 2.05) is 0 Å². The second-order valence-electron chi connectivity index (χ2n) is 12.3. The summed E-state index contributed by atoms with van der Waals surface area (Å²) < 4.78 is 10.7. The van der Waals surface area contributed by atoms with Crippen molar-refractivity contribution < 1.29 is 23.9 Å². The van der Waals surface area contributed by atoms with E-state index < -0.39 is 11.9 Å². The zero-order valence-corrected chi connectivity index (χ0v) is 25.4. The van der Waals surface area contributed by atoms with Gasteiger partial charge in [-0.1, -0.05) is 111 Å². The molecule has 0 aromatic heterocycles. The molecule has 2 aliphatic rings. The SMILES string of the molecule is CC12CCC(CC1=O)C2(C)C.CCCCCCCCOC(=O)c1ccccc1C(=O)OCCCCCCCC. The van der Waals surface area contributed by atoms with Crippen LogP contribution in [0, 0.1) is 16.7 Å². The fourth-order valence-corrected chi connectivity index (χ4v) is 5.99. The van der Waals surface area contributed by atoms with E-state index in [0.717, 1.165) is 38.5 Å². The van der Waals surface area contributed by atoms with Gasteiger partial charge in [0.05, 0.1) is 24.3 Å². The van der Waals surface area contributed by atoms with Crippen LogP contribution in [0.15, 0.2) is 24.3 Å². The van der Waals surface area contributed by atoms with Gasteiger partial charge in [-0.25, -0.2) is 9.59 Å². The minimum atomic E-state index is -0.444. The molecule has 0 saturated heterocycles. The molecule has 2 saturated carbocycles. The van der Waals surface area contributed by atoms with Crippen molar-refractivity contribution in [1.82, 2.24) is 0 Å². The zero-order chi connectivity index (χ0) is 28.7. The number of rotatable bonds is 16. The highest BCUT2D eigenvalue weighted by molar-refractivity contribution is 6.03. The summed E-state index contributed by atoms with van der Waals surface area (Å²) in [5.41, 5.74) is 0.893. The number of hydrogen-bond acceptors (Lipinski definition) is 5. The number of esters is 2. The number of ketones is 1. The van der Waals surface area contributed by atoms with Crippen LogP contribution in [-0.4, -0.2) is 30.9 Å². The molecule has 1 aromatic carbocycles. The van der Waals surface area contributed by atoms with E-state index in [9.17, 15) is 14.4 Å². The fourth-order valence-electron chi connectivity index (χ4n) is 5.99. The largest absolute Gasteiger partial charge is 0.462 e. The van der Waals surface area contributed by atoms with Gasteiger partial charge in [0.1, 0.15) is 5.78 Å². The Morgan fingerprint density at radius 2 is 1.18 bits per heavy atom. The third kappa shape index (κ3) is 9.46. The van der Waals surface area contributed by atoms with Gasteiger partial charge in [0.25, 0.3) is 0 Å². The summed E-state index contributed by atoms with van der Waals surface area (Å²) in [5, 5.41) is 0. The summed E-state index contributed by atoms with van der Waals surface area (Å²) in [4.78, 5) is 36.3. The van der Waals surface area contributed by atoms with Crippen LogP contribution in [0.4, 0.5) is 0 Å². The number of unbranched alkanes of at least 4 members (excludes halogenated alkanes) is 10. The number of carbonyl (C=O) groups is 3. The third-order valence-electron chi connectivity index (χ3n) is 9.31. The van der Waals surface area contributed by atoms with Gasteiger partial charge in [0, 0.05) is 11.8 Å². The first-order chi connectivity index (χ1) is 18.7.